The maximum atomic E-state index is 6.59. The molecule has 4 nitrogen and oxygen atoms in total. The lowest BCUT2D eigenvalue weighted by molar-refractivity contribution is 0.671. The van der Waals surface area contributed by atoms with Gasteiger partial charge in [0, 0.05) is 26.9 Å². The summed E-state index contributed by atoms with van der Waals surface area (Å²) in [5.74, 6) is 1.02. The van der Waals surface area contributed by atoms with Gasteiger partial charge >= 0.3 is 0 Å². The summed E-state index contributed by atoms with van der Waals surface area (Å²) in [6.45, 7) is 0. The molecular formula is C36H21N3O. The smallest absolute Gasteiger partial charge is 0.160 e. The van der Waals surface area contributed by atoms with Crippen molar-refractivity contribution >= 4 is 77.1 Å². The van der Waals surface area contributed by atoms with Crippen LogP contribution in [-0.2, 0) is 0 Å². The van der Waals surface area contributed by atoms with Crippen molar-refractivity contribution in [2.45, 2.75) is 6.04 Å². The molecule has 0 radical (unpaired) electrons. The second-order valence-corrected chi connectivity index (χ2v) is 10.8. The number of hydrogen-bond donors (Lipinski definition) is 1. The summed E-state index contributed by atoms with van der Waals surface area (Å²) in [6.07, 6.45) is 8.43. The monoisotopic (exact) mass is 511 g/mol. The molecule has 3 aromatic heterocycles. The molecule has 0 fully saturated rings. The van der Waals surface area contributed by atoms with E-state index in [1.54, 1.807) is 0 Å². The van der Waals surface area contributed by atoms with E-state index in [0.29, 0.717) is 0 Å². The van der Waals surface area contributed by atoms with E-state index < -0.39 is 0 Å². The standard InChI is InChI=1S/C36H21N3O/c1-2-10-22-20(8-1)9-7-12-23(22)21-18-27-25-16-17-26-24-11-3-6-15-31(24)40-35(26)34(25)39-33(27)28(19-21)32-36(39)38-30-14-5-4-13-29(30)37-32/h1-19,30,38H. The molecule has 5 aromatic carbocycles. The van der Waals surface area contributed by atoms with E-state index >= 15 is 0 Å². The Hall–Kier alpha value is -5.35. The molecule has 0 saturated heterocycles. The fraction of sp³-hybridized carbons (Fsp3) is 0.0278. The van der Waals surface area contributed by atoms with E-state index in [1.807, 2.05) is 6.07 Å². The highest BCUT2D eigenvalue weighted by molar-refractivity contribution is 6.28. The molecule has 8 aromatic rings. The second-order valence-electron chi connectivity index (χ2n) is 10.8. The van der Waals surface area contributed by atoms with E-state index in [4.69, 9.17) is 9.41 Å². The third-order valence-corrected chi connectivity index (χ3v) is 8.71. The van der Waals surface area contributed by atoms with Crippen molar-refractivity contribution in [2.75, 3.05) is 5.32 Å². The molecule has 1 aliphatic heterocycles. The van der Waals surface area contributed by atoms with Crippen LogP contribution in [0.1, 0.15) is 0 Å². The van der Waals surface area contributed by atoms with Gasteiger partial charge in [-0.3, -0.25) is 4.40 Å². The van der Waals surface area contributed by atoms with E-state index in [2.05, 4.69) is 119 Å². The topological polar surface area (TPSA) is 41.9 Å². The van der Waals surface area contributed by atoms with Gasteiger partial charge in [0.15, 0.2) is 5.58 Å². The Morgan fingerprint density at radius 1 is 0.700 bits per heavy atom. The number of para-hydroxylation sites is 1. The van der Waals surface area contributed by atoms with Crippen molar-refractivity contribution in [1.82, 2.24) is 4.40 Å². The predicted molar refractivity (Wildman–Crippen MR) is 167 cm³/mol. The normalized spacial score (nSPS) is 16.4. The largest absolute Gasteiger partial charge is 0.454 e. The Balaban J connectivity index is 1.41. The van der Waals surface area contributed by atoms with Crippen molar-refractivity contribution < 1.29 is 4.42 Å². The van der Waals surface area contributed by atoms with Crippen molar-refractivity contribution in [3.05, 3.63) is 115 Å². The molecule has 10 rings (SSSR count). The van der Waals surface area contributed by atoms with Gasteiger partial charge in [-0.05, 0) is 52.2 Å². The number of rotatable bonds is 1. The highest BCUT2D eigenvalue weighted by Crippen LogP contribution is 2.50. The predicted octanol–water partition coefficient (Wildman–Crippen LogP) is 9.40. The SMILES string of the molecule is C1=CC2=Nc3c(n4c5c3cc(-c3cccc6ccccc36)cc5c3ccc5c6ccccc6oc5c34)NC2C=C1. The number of benzene rings is 5. The number of furan rings is 1. The molecule has 40 heavy (non-hydrogen) atoms. The van der Waals surface area contributed by atoms with Gasteiger partial charge < -0.3 is 9.73 Å². The first-order valence-corrected chi connectivity index (χ1v) is 13.7. The summed E-state index contributed by atoms with van der Waals surface area (Å²) in [5, 5.41) is 12.1. The molecule has 0 saturated carbocycles. The quantitative estimate of drug-likeness (QED) is 0.238. The molecule has 1 unspecified atom stereocenters. The van der Waals surface area contributed by atoms with Crippen LogP contribution >= 0.6 is 0 Å². The van der Waals surface area contributed by atoms with Crippen LogP contribution in [0.2, 0.25) is 0 Å². The van der Waals surface area contributed by atoms with Crippen LogP contribution in [0.5, 0.6) is 0 Å². The van der Waals surface area contributed by atoms with Crippen LogP contribution in [0.15, 0.2) is 125 Å². The van der Waals surface area contributed by atoms with Crippen molar-refractivity contribution in [3.63, 3.8) is 0 Å². The van der Waals surface area contributed by atoms with Crippen molar-refractivity contribution in [1.29, 1.82) is 0 Å². The van der Waals surface area contributed by atoms with E-state index in [1.165, 1.54) is 38.2 Å². The van der Waals surface area contributed by atoms with Crippen LogP contribution in [0.25, 0.3) is 71.0 Å². The van der Waals surface area contributed by atoms with Crippen molar-refractivity contribution in [2.24, 2.45) is 4.99 Å². The zero-order valence-electron chi connectivity index (χ0n) is 21.3. The van der Waals surface area contributed by atoms with E-state index in [9.17, 15) is 0 Å². The minimum Gasteiger partial charge on any atom is -0.454 e. The Bertz CT molecular complexity index is 2460. The van der Waals surface area contributed by atoms with Gasteiger partial charge in [-0.25, -0.2) is 4.99 Å². The van der Waals surface area contributed by atoms with Crippen LogP contribution in [0.4, 0.5) is 11.5 Å². The first-order chi connectivity index (χ1) is 19.8. The Kier molecular flexibility index (Phi) is 3.70. The molecule has 2 aliphatic rings. The second kappa shape index (κ2) is 7.19. The fourth-order valence-electron chi connectivity index (χ4n) is 6.96. The van der Waals surface area contributed by atoms with Gasteiger partial charge in [-0.15, -0.1) is 0 Å². The van der Waals surface area contributed by atoms with Gasteiger partial charge in [0.1, 0.15) is 17.1 Å². The molecule has 1 aliphatic carbocycles. The van der Waals surface area contributed by atoms with Gasteiger partial charge in [0.05, 0.1) is 22.8 Å². The lowest BCUT2D eigenvalue weighted by Gasteiger charge is -2.23. The Labute approximate surface area is 228 Å². The van der Waals surface area contributed by atoms with Gasteiger partial charge in [-0.2, -0.15) is 0 Å². The Morgan fingerprint density at radius 3 is 2.50 bits per heavy atom. The molecule has 0 spiro atoms. The molecule has 1 atom stereocenters. The maximum absolute atomic E-state index is 6.59. The number of nitrogens with one attached hydrogen (secondary N) is 1. The molecule has 1 N–H and O–H groups in total. The van der Waals surface area contributed by atoms with Gasteiger partial charge in [0.2, 0.25) is 0 Å². The van der Waals surface area contributed by atoms with E-state index in [0.717, 1.165) is 50.1 Å². The first kappa shape index (κ1) is 20.6. The van der Waals surface area contributed by atoms with Gasteiger partial charge in [-0.1, -0.05) is 85.0 Å². The number of hydrogen-bond acceptors (Lipinski definition) is 3. The summed E-state index contributed by atoms with van der Waals surface area (Å²) < 4.78 is 8.95. The summed E-state index contributed by atoms with van der Waals surface area (Å²) in [6, 6.07) is 32.7. The van der Waals surface area contributed by atoms with Crippen molar-refractivity contribution in [3.8, 4) is 11.1 Å². The minimum atomic E-state index is 0.0398. The first-order valence-electron chi connectivity index (χ1n) is 13.7. The third kappa shape index (κ3) is 2.49. The van der Waals surface area contributed by atoms with Crippen LogP contribution in [-0.4, -0.2) is 16.2 Å². The molecular weight excluding hydrogens is 490 g/mol. The summed E-state index contributed by atoms with van der Waals surface area (Å²) in [7, 11) is 0. The highest BCUT2D eigenvalue weighted by Gasteiger charge is 2.30. The molecule has 186 valence electrons. The summed E-state index contributed by atoms with van der Waals surface area (Å²) >= 11 is 0. The number of nitrogens with zero attached hydrogens (tertiary/aromatic N) is 2. The average molecular weight is 512 g/mol. The number of aliphatic imine (C=N–C) groups is 1. The summed E-state index contributed by atoms with van der Waals surface area (Å²) in [5.41, 5.74) is 8.54. The van der Waals surface area contributed by atoms with Crippen LogP contribution in [0, 0.1) is 0 Å². The molecule has 4 heterocycles. The summed E-state index contributed by atoms with van der Waals surface area (Å²) in [4.78, 5) is 5.25. The maximum Gasteiger partial charge on any atom is 0.160 e. The lowest BCUT2D eigenvalue weighted by Crippen LogP contribution is -2.30. The number of fused-ring (bicyclic) bond motifs is 12. The molecule has 0 bridgehead atoms. The fourth-order valence-corrected chi connectivity index (χ4v) is 6.96. The van der Waals surface area contributed by atoms with Crippen LogP contribution < -0.4 is 5.32 Å². The van der Waals surface area contributed by atoms with E-state index in [-0.39, 0.29) is 6.04 Å². The van der Waals surface area contributed by atoms with Crippen LogP contribution in [0.3, 0.4) is 0 Å². The minimum absolute atomic E-state index is 0.0398. The average Bonchev–Trinajstić information content (AvgIpc) is 3.65. The number of anilines is 1. The zero-order chi connectivity index (χ0) is 25.9. The molecule has 4 heteroatoms. The Morgan fingerprint density at radius 2 is 1.52 bits per heavy atom. The highest BCUT2D eigenvalue weighted by atomic mass is 16.3. The zero-order valence-corrected chi connectivity index (χ0v) is 21.3. The molecule has 0 amide bonds. The lowest BCUT2D eigenvalue weighted by atomic mass is 9.95. The number of aromatic nitrogens is 1. The van der Waals surface area contributed by atoms with Gasteiger partial charge in [0.25, 0.3) is 0 Å². The number of allylic oxidation sites excluding steroid dienone is 2. The third-order valence-electron chi connectivity index (χ3n) is 8.71.